The summed E-state index contributed by atoms with van der Waals surface area (Å²) < 4.78 is 11.2. The van der Waals surface area contributed by atoms with Gasteiger partial charge < -0.3 is 24.1 Å². The van der Waals surface area contributed by atoms with E-state index in [0.717, 1.165) is 5.57 Å². The molecule has 0 aliphatic carbocycles. The van der Waals surface area contributed by atoms with E-state index in [4.69, 9.17) is 9.16 Å². The van der Waals surface area contributed by atoms with Crippen LogP contribution in [0.4, 0.5) is 4.79 Å². The quantitative estimate of drug-likeness (QED) is 0.337. The van der Waals surface area contributed by atoms with Crippen molar-refractivity contribution in [3.05, 3.63) is 23.9 Å². The molecule has 0 aromatic rings. The van der Waals surface area contributed by atoms with Crippen molar-refractivity contribution in [1.29, 1.82) is 0 Å². The first kappa shape index (κ1) is 24.5. The lowest BCUT2D eigenvalue weighted by Gasteiger charge is -2.50. The van der Waals surface area contributed by atoms with Crippen molar-refractivity contribution in [3.8, 4) is 0 Å². The summed E-state index contributed by atoms with van der Waals surface area (Å²) >= 11 is 0. The lowest BCUT2D eigenvalue weighted by Crippen LogP contribution is -2.63. The minimum atomic E-state index is -1.25. The minimum absolute atomic E-state index is 0.0227. The molecule has 2 saturated heterocycles. The third-order valence-electron chi connectivity index (χ3n) is 6.86. The molecule has 0 spiro atoms. The number of fused-ring (bicyclic) bond motifs is 1. The fourth-order valence-corrected chi connectivity index (χ4v) is 5.79. The Hall–Kier alpha value is -2.13. The van der Waals surface area contributed by atoms with Crippen molar-refractivity contribution in [1.82, 2.24) is 9.80 Å². The van der Waals surface area contributed by atoms with E-state index < -0.39 is 21.1 Å². The highest BCUT2D eigenvalue weighted by molar-refractivity contribution is 6.48. The molecular formula is C23H36N2O6Si. The van der Waals surface area contributed by atoms with Gasteiger partial charge in [-0.2, -0.15) is 0 Å². The summed E-state index contributed by atoms with van der Waals surface area (Å²) in [4.78, 5) is 40.7. The average molecular weight is 465 g/mol. The van der Waals surface area contributed by atoms with Crippen molar-refractivity contribution in [2.24, 2.45) is 23.2 Å². The number of carboxylic acid groups (broad SMARTS) is 1. The molecule has 0 saturated carbocycles. The molecule has 3 aliphatic rings. The maximum Gasteiger partial charge on any atom is 0.410 e. The minimum Gasteiger partial charge on any atom is -0.477 e. The summed E-state index contributed by atoms with van der Waals surface area (Å²) in [7, 11) is -1.25. The molecule has 32 heavy (non-hydrogen) atoms. The zero-order valence-corrected chi connectivity index (χ0v) is 21.0. The highest BCUT2D eigenvalue weighted by Gasteiger charge is 2.60. The van der Waals surface area contributed by atoms with Crippen LogP contribution in [0.3, 0.4) is 0 Å². The normalized spacial score (nSPS) is 26.3. The van der Waals surface area contributed by atoms with E-state index >= 15 is 0 Å². The number of ether oxygens (including phenoxy) is 1. The van der Waals surface area contributed by atoms with Gasteiger partial charge in [0.15, 0.2) is 9.04 Å². The van der Waals surface area contributed by atoms with Crippen molar-refractivity contribution < 1.29 is 28.7 Å². The summed E-state index contributed by atoms with van der Waals surface area (Å²) in [6.07, 6.45) is 2.31. The van der Waals surface area contributed by atoms with Crippen LogP contribution in [0.15, 0.2) is 23.9 Å². The Bertz CT molecular complexity index is 818. The summed E-state index contributed by atoms with van der Waals surface area (Å²) in [5.74, 6) is -1.49. The van der Waals surface area contributed by atoms with E-state index in [1.165, 1.54) is 11.0 Å². The molecule has 3 rings (SSSR count). The van der Waals surface area contributed by atoms with Gasteiger partial charge >= 0.3 is 12.1 Å². The van der Waals surface area contributed by atoms with Crippen LogP contribution < -0.4 is 0 Å². The first-order chi connectivity index (χ1) is 15.0. The van der Waals surface area contributed by atoms with Crippen LogP contribution in [0.5, 0.6) is 0 Å². The largest absolute Gasteiger partial charge is 0.477 e. The molecular weight excluding hydrogens is 428 g/mol. The molecule has 8 nitrogen and oxygen atoms in total. The molecule has 178 valence electrons. The first-order valence-corrected chi connectivity index (χ1v) is 14.2. The molecule has 0 bridgehead atoms. The van der Waals surface area contributed by atoms with Gasteiger partial charge in [-0.15, -0.1) is 0 Å². The second kappa shape index (κ2) is 9.39. The lowest BCUT2D eigenvalue weighted by atomic mass is 9.66. The molecule has 9 heteroatoms. The number of carbonyl (C=O) groups is 3. The number of β-lactam (4-membered cyclic amide) rings is 1. The zero-order chi connectivity index (χ0) is 23.8. The number of likely N-dealkylation sites (tertiary alicyclic amines) is 1. The molecule has 0 unspecified atom stereocenters. The van der Waals surface area contributed by atoms with E-state index in [-0.39, 0.29) is 47.4 Å². The predicted molar refractivity (Wildman–Crippen MR) is 122 cm³/mol. The van der Waals surface area contributed by atoms with E-state index in [2.05, 4.69) is 40.4 Å². The number of aliphatic carboxylic acids is 1. The van der Waals surface area contributed by atoms with Gasteiger partial charge in [-0.1, -0.05) is 33.4 Å². The second-order valence-corrected chi connectivity index (χ2v) is 12.8. The smallest absolute Gasteiger partial charge is 0.410 e. The van der Waals surface area contributed by atoms with Crippen molar-refractivity contribution in [3.63, 3.8) is 0 Å². The molecule has 3 heterocycles. The zero-order valence-electron chi connectivity index (χ0n) is 19.8. The third kappa shape index (κ3) is 4.64. The van der Waals surface area contributed by atoms with Gasteiger partial charge in [0.2, 0.25) is 5.91 Å². The standard InChI is InChI=1S/C23H36N2O6Si/c1-7-10-30-22(29)24-9-8-14(12-24)15-11-17-18(20(26)25(17)19(15)21(27)28)16(23(2,3)4)13-31-32(5)6/h7,14,16-18,32H,1,8-13H2,2-6H3,(H,27,28)/t14-,16+,17+,18-/m0/s1. The fraction of sp³-hybridized carbons (Fsp3) is 0.696. The Morgan fingerprint density at radius 1 is 1.34 bits per heavy atom. The number of nitrogens with zero attached hydrogens (tertiary/aromatic N) is 2. The molecule has 4 atom stereocenters. The first-order valence-electron chi connectivity index (χ1n) is 11.4. The maximum atomic E-state index is 13.2. The van der Waals surface area contributed by atoms with Crippen molar-refractivity contribution in [2.75, 3.05) is 26.3 Å². The number of hydrogen-bond donors (Lipinski definition) is 1. The van der Waals surface area contributed by atoms with E-state index in [9.17, 15) is 19.5 Å². The summed E-state index contributed by atoms with van der Waals surface area (Å²) in [6, 6.07) is -0.146. The van der Waals surface area contributed by atoms with Gasteiger partial charge in [0, 0.05) is 25.6 Å². The number of hydrogen-bond acceptors (Lipinski definition) is 5. The van der Waals surface area contributed by atoms with Crippen LogP contribution in [0.25, 0.3) is 0 Å². The van der Waals surface area contributed by atoms with Gasteiger partial charge in [-0.3, -0.25) is 4.79 Å². The van der Waals surface area contributed by atoms with Gasteiger partial charge in [0.05, 0.1) is 12.0 Å². The number of carboxylic acids is 1. The van der Waals surface area contributed by atoms with Gasteiger partial charge in [-0.05, 0) is 42.8 Å². The third-order valence-corrected chi connectivity index (χ3v) is 7.72. The molecule has 2 amide bonds. The lowest BCUT2D eigenvalue weighted by molar-refractivity contribution is -0.162. The summed E-state index contributed by atoms with van der Waals surface area (Å²) in [5.41, 5.74) is 0.763. The van der Waals surface area contributed by atoms with Gasteiger partial charge in [-0.25, -0.2) is 9.59 Å². The van der Waals surface area contributed by atoms with Crippen LogP contribution in [0.1, 0.15) is 33.6 Å². The highest BCUT2D eigenvalue weighted by atomic mass is 28.3. The number of carbonyl (C=O) groups excluding carboxylic acids is 2. The average Bonchev–Trinajstić information content (AvgIpc) is 3.31. The Morgan fingerprint density at radius 2 is 2.03 bits per heavy atom. The highest BCUT2D eigenvalue weighted by Crippen LogP contribution is 2.51. The van der Waals surface area contributed by atoms with Crippen LogP contribution in [0.2, 0.25) is 13.1 Å². The van der Waals surface area contributed by atoms with E-state index in [0.29, 0.717) is 32.5 Å². The molecule has 0 aromatic carbocycles. The van der Waals surface area contributed by atoms with Crippen LogP contribution >= 0.6 is 0 Å². The van der Waals surface area contributed by atoms with Crippen LogP contribution in [0, 0.1) is 23.2 Å². The Labute approximate surface area is 191 Å². The van der Waals surface area contributed by atoms with Crippen LogP contribution in [-0.2, 0) is 18.8 Å². The second-order valence-electron chi connectivity index (χ2n) is 10.3. The van der Waals surface area contributed by atoms with Crippen molar-refractivity contribution >= 4 is 27.0 Å². The monoisotopic (exact) mass is 464 g/mol. The Kier molecular flexibility index (Phi) is 7.19. The molecule has 1 N–H and O–H groups in total. The number of rotatable bonds is 8. The van der Waals surface area contributed by atoms with E-state index in [1.54, 1.807) is 4.90 Å². The Morgan fingerprint density at radius 3 is 2.59 bits per heavy atom. The van der Waals surface area contributed by atoms with Crippen molar-refractivity contribution in [2.45, 2.75) is 52.7 Å². The predicted octanol–water partition coefficient (Wildman–Crippen LogP) is 2.86. The maximum absolute atomic E-state index is 13.2. The van der Waals surface area contributed by atoms with E-state index in [1.807, 2.05) is 0 Å². The molecule has 3 aliphatic heterocycles. The number of amides is 2. The Balaban J connectivity index is 1.79. The topological polar surface area (TPSA) is 96.4 Å². The summed E-state index contributed by atoms with van der Waals surface area (Å²) in [5, 5.41) is 9.95. The SMILES string of the molecule is C=CCOC(=O)N1CC[C@H](C2=C(C(=O)O)N3C(=O)[C@@H]([C@@H](CO[SiH](C)C)C(C)(C)C)[C@H]3C2)C1. The van der Waals surface area contributed by atoms with Gasteiger partial charge in [0.1, 0.15) is 12.3 Å². The van der Waals surface area contributed by atoms with Gasteiger partial charge in [0.25, 0.3) is 0 Å². The van der Waals surface area contributed by atoms with Crippen LogP contribution in [-0.4, -0.2) is 74.3 Å². The summed E-state index contributed by atoms with van der Waals surface area (Å²) in [6.45, 7) is 15.7. The molecule has 0 radical (unpaired) electrons. The fourth-order valence-electron chi connectivity index (χ4n) is 5.20. The molecule has 0 aromatic heterocycles. The molecule has 2 fully saturated rings.